The molecule has 2 aliphatic heterocycles. The lowest BCUT2D eigenvalue weighted by molar-refractivity contribution is -0.158. The second-order valence-electron chi connectivity index (χ2n) is 11.6. The SMILES string of the molecule is COc1ccc2c(c1)C(=O)N(C[C@@]1(c3cc4nc(Nc5cccnc5)ccc4o3)NC(=O)N(COC(=O)C(C)(C)C)C1=O)C2. The van der Waals surface area contributed by atoms with Crippen molar-refractivity contribution in [3.8, 4) is 5.75 Å². The normalized spacial score (nSPS) is 18.0. The third-order valence-corrected chi connectivity index (χ3v) is 7.46. The van der Waals surface area contributed by atoms with E-state index in [-0.39, 0.29) is 24.8 Å². The molecular formula is C31H30N6O7. The fourth-order valence-electron chi connectivity index (χ4n) is 5.10. The van der Waals surface area contributed by atoms with Crippen LogP contribution in [-0.2, 0) is 26.4 Å². The van der Waals surface area contributed by atoms with E-state index >= 15 is 0 Å². The summed E-state index contributed by atoms with van der Waals surface area (Å²) in [5, 5.41) is 5.90. The predicted octanol–water partition coefficient (Wildman–Crippen LogP) is 3.92. The molecule has 1 aromatic carbocycles. The molecule has 2 aliphatic rings. The summed E-state index contributed by atoms with van der Waals surface area (Å²) < 4.78 is 16.7. The van der Waals surface area contributed by atoms with Crippen molar-refractivity contribution in [2.24, 2.45) is 5.41 Å². The van der Waals surface area contributed by atoms with Gasteiger partial charge in [-0.25, -0.2) is 14.7 Å². The highest BCUT2D eigenvalue weighted by molar-refractivity contribution is 6.08. The van der Waals surface area contributed by atoms with Gasteiger partial charge in [-0.3, -0.25) is 19.4 Å². The molecule has 0 aliphatic carbocycles. The third kappa shape index (κ3) is 5.06. The van der Waals surface area contributed by atoms with Crippen molar-refractivity contribution in [2.75, 3.05) is 25.7 Å². The number of carbonyl (C=O) groups excluding carboxylic acids is 4. The predicted molar refractivity (Wildman–Crippen MR) is 157 cm³/mol. The van der Waals surface area contributed by atoms with Crippen molar-refractivity contribution in [3.63, 3.8) is 0 Å². The molecule has 44 heavy (non-hydrogen) atoms. The smallest absolute Gasteiger partial charge is 0.328 e. The van der Waals surface area contributed by atoms with Crippen LogP contribution in [0.5, 0.6) is 5.75 Å². The molecule has 6 rings (SSSR count). The number of aromatic nitrogens is 2. The van der Waals surface area contributed by atoms with Gasteiger partial charge >= 0.3 is 12.0 Å². The minimum atomic E-state index is -1.83. The number of benzene rings is 1. The van der Waals surface area contributed by atoms with Crippen molar-refractivity contribution in [3.05, 3.63) is 77.8 Å². The molecule has 4 amide bonds. The van der Waals surface area contributed by atoms with Crippen molar-refractivity contribution in [1.82, 2.24) is 25.1 Å². The van der Waals surface area contributed by atoms with Crippen LogP contribution in [0.15, 0.2) is 65.3 Å². The number of furan rings is 1. The monoisotopic (exact) mass is 598 g/mol. The van der Waals surface area contributed by atoms with E-state index in [1.807, 2.05) is 6.07 Å². The number of pyridine rings is 2. The van der Waals surface area contributed by atoms with Gasteiger partial charge in [-0.1, -0.05) is 6.07 Å². The van der Waals surface area contributed by atoms with E-state index in [4.69, 9.17) is 13.9 Å². The number of esters is 1. The zero-order valence-electron chi connectivity index (χ0n) is 24.5. The Morgan fingerprint density at radius 3 is 2.68 bits per heavy atom. The molecule has 2 N–H and O–H groups in total. The number of anilines is 2. The zero-order valence-corrected chi connectivity index (χ0v) is 24.5. The average Bonchev–Trinajstić information content (AvgIpc) is 3.63. The van der Waals surface area contributed by atoms with E-state index in [1.165, 1.54) is 12.0 Å². The van der Waals surface area contributed by atoms with Crippen LogP contribution in [0.4, 0.5) is 16.3 Å². The van der Waals surface area contributed by atoms with Crippen molar-refractivity contribution in [2.45, 2.75) is 32.9 Å². The van der Waals surface area contributed by atoms with E-state index in [0.29, 0.717) is 28.2 Å². The highest BCUT2D eigenvalue weighted by Gasteiger charge is 2.57. The maximum Gasteiger partial charge on any atom is 0.328 e. The number of fused-ring (bicyclic) bond motifs is 2. The van der Waals surface area contributed by atoms with Crippen molar-refractivity contribution < 1.29 is 33.1 Å². The Kier molecular flexibility index (Phi) is 6.95. The number of nitrogens with zero attached hydrogens (tertiary/aromatic N) is 4. The number of carbonyl (C=O) groups is 4. The van der Waals surface area contributed by atoms with Crippen LogP contribution in [0.25, 0.3) is 11.1 Å². The van der Waals surface area contributed by atoms with Crippen LogP contribution in [0.2, 0.25) is 0 Å². The molecule has 0 radical (unpaired) electrons. The van der Waals surface area contributed by atoms with Gasteiger partial charge in [0.1, 0.15) is 22.8 Å². The molecule has 0 bridgehead atoms. The van der Waals surface area contributed by atoms with Gasteiger partial charge in [-0.15, -0.1) is 0 Å². The quantitative estimate of drug-likeness (QED) is 0.225. The molecule has 1 fully saturated rings. The lowest BCUT2D eigenvalue weighted by Gasteiger charge is -2.29. The van der Waals surface area contributed by atoms with E-state index in [0.717, 1.165) is 16.2 Å². The largest absolute Gasteiger partial charge is 0.497 e. The number of imide groups is 1. The molecule has 0 spiro atoms. The van der Waals surface area contributed by atoms with Gasteiger partial charge in [0.25, 0.3) is 11.8 Å². The van der Waals surface area contributed by atoms with Crippen LogP contribution in [-0.4, -0.2) is 64.0 Å². The van der Waals surface area contributed by atoms with Crippen molar-refractivity contribution >= 4 is 46.4 Å². The van der Waals surface area contributed by atoms with Gasteiger partial charge in [-0.2, -0.15) is 0 Å². The summed E-state index contributed by atoms with van der Waals surface area (Å²) in [5.74, 6) is -0.569. The summed E-state index contributed by atoms with van der Waals surface area (Å²) in [6.45, 7) is 4.32. The lowest BCUT2D eigenvalue weighted by Crippen LogP contribution is -2.52. The summed E-state index contributed by atoms with van der Waals surface area (Å²) in [4.78, 5) is 64.4. The van der Waals surface area contributed by atoms with Gasteiger partial charge < -0.3 is 29.4 Å². The van der Waals surface area contributed by atoms with E-state index in [1.54, 1.807) is 75.6 Å². The Labute approximate surface area is 252 Å². The number of hydrogen-bond acceptors (Lipinski definition) is 10. The number of amides is 4. The second-order valence-corrected chi connectivity index (χ2v) is 11.6. The fraction of sp³-hybridized carbons (Fsp3) is 0.290. The molecule has 0 saturated carbocycles. The first-order chi connectivity index (χ1) is 21.0. The Morgan fingerprint density at radius 2 is 1.95 bits per heavy atom. The summed E-state index contributed by atoms with van der Waals surface area (Å²) in [6, 6.07) is 13.0. The molecule has 4 aromatic rings. The topological polar surface area (TPSA) is 156 Å². The average molecular weight is 599 g/mol. The molecule has 13 nitrogen and oxygen atoms in total. The molecule has 5 heterocycles. The molecule has 3 aromatic heterocycles. The highest BCUT2D eigenvalue weighted by Crippen LogP contribution is 2.37. The van der Waals surface area contributed by atoms with E-state index in [9.17, 15) is 19.2 Å². The first-order valence-corrected chi connectivity index (χ1v) is 13.8. The summed E-state index contributed by atoms with van der Waals surface area (Å²) >= 11 is 0. The Bertz CT molecular complexity index is 1800. The molecular weight excluding hydrogens is 568 g/mol. The second kappa shape index (κ2) is 10.7. The van der Waals surface area contributed by atoms with Gasteiger partial charge in [0.05, 0.1) is 31.0 Å². The molecule has 226 valence electrons. The molecule has 0 unspecified atom stereocenters. The number of rotatable bonds is 8. The Balaban J connectivity index is 1.36. The van der Waals surface area contributed by atoms with Gasteiger partial charge in [0, 0.05) is 24.4 Å². The molecule has 1 saturated heterocycles. The van der Waals surface area contributed by atoms with E-state index in [2.05, 4.69) is 20.6 Å². The Hall–Kier alpha value is -5.46. The van der Waals surface area contributed by atoms with Crippen LogP contribution < -0.4 is 15.4 Å². The Morgan fingerprint density at radius 1 is 1.14 bits per heavy atom. The number of methoxy groups -OCH3 is 1. The first kappa shape index (κ1) is 28.6. The third-order valence-electron chi connectivity index (χ3n) is 7.46. The number of hydrogen-bond donors (Lipinski definition) is 2. The zero-order chi connectivity index (χ0) is 31.2. The number of nitrogens with one attached hydrogen (secondary N) is 2. The van der Waals surface area contributed by atoms with Crippen LogP contribution in [0.1, 0.15) is 42.5 Å². The standard InChI is InChI=1S/C31H30N6O7/c1-30(2,3)28(40)43-17-37-27(39)31(35-29(37)41,16-36-15-18-7-8-20(42-4)12-21(18)26(36)38)24-13-22-23(44-24)9-10-25(34-22)33-19-6-5-11-32-14-19/h5-14H,15-17H2,1-4H3,(H,33,34)(H,35,41)/t31-/m0/s1. The fourth-order valence-corrected chi connectivity index (χ4v) is 5.10. The summed E-state index contributed by atoms with van der Waals surface area (Å²) in [5.41, 5.74) is -0.00483. The molecule has 1 atom stereocenters. The highest BCUT2D eigenvalue weighted by atomic mass is 16.5. The van der Waals surface area contributed by atoms with E-state index < -0.39 is 35.6 Å². The summed E-state index contributed by atoms with van der Waals surface area (Å²) in [7, 11) is 1.51. The van der Waals surface area contributed by atoms with Gasteiger partial charge in [-0.05, 0) is 62.7 Å². The maximum absolute atomic E-state index is 14.1. The van der Waals surface area contributed by atoms with Gasteiger partial charge in [0.2, 0.25) is 0 Å². The number of urea groups is 1. The lowest BCUT2D eigenvalue weighted by atomic mass is 9.95. The van der Waals surface area contributed by atoms with Gasteiger partial charge in [0.15, 0.2) is 17.9 Å². The molecule has 13 heteroatoms. The maximum atomic E-state index is 14.1. The van der Waals surface area contributed by atoms with Crippen LogP contribution in [0, 0.1) is 5.41 Å². The first-order valence-electron chi connectivity index (χ1n) is 13.8. The minimum absolute atomic E-state index is 0.0721. The van der Waals surface area contributed by atoms with Crippen LogP contribution in [0.3, 0.4) is 0 Å². The summed E-state index contributed by atoms with van der Waals surface area (Å²) in [6.07, 6.45) is 3.31. The minimum Gasteiger partial charge on any atom is -0.497 e. The van der Waals surface area contributed by atoms with Crippen LogP contribution >= 0.6 is 0 Å². The van der Waals surface area contributed by atoms with Crippen molar-refractivity contribution in [1.29, 1.82) is 0 Å². The number of ether oxygens (including phenoxy) is 2.